The summed E-state index contributed by atoms with van der Waals surface area (Å²) in [6.45, 7) is 0. The number of guanidine groups is 1. The van der Waals surface area contributed by atoms with Crippen LogP contribution in [0.2, 0.25) is 0 Å². The largest absolute Gasteiger partial charge is 0.352 e. The Morgan fingerprint density at radius 3 is 2.75 bits per heavy atom. The molecule has 0 fully saturated rings. The molecule has 3 aliphatic rings. The fourth-order valence-corrected chi connectivity index (χ4v) is 3.73. The van der Waals surface area contributed by atoms with Crippen LogP contribution in [-0.4, -0.2) is 35.5 Å². The van der Waals surface area contributed by atoms with Gasteiger partial charge in [0.2, 0.25) is 5.96 Å². The molecule has 1 aromatic rings. The highest BCUT2D eigenvalue weighted by Gasteiger charge is 2.28. The fraction of sp³-hybridized carbons (Fsp3) is 0.333. The fourth-order valence-electron chi connectivity index (χ4n) is 2.96. The molecule has 0 radical (unpaired) electrons. The Kier molecular flexibility index (Phi) is 2.80. The van der Waals surface area contributed by atoms with Crippen LogP contribution in [-0.2, 0) is 12.8 Å². The average Bonchev–Trinajstić information content (AvgIpc) is 3.08. The molecule has 4 rings (SSSR count). The van der Waals surface area contributed by atoms with Crippen LogP contribution in [0, 0.1) is 0 Å². The zero-order valence-electron chi connectivity index (χ0n) is 11.3. The predicted molar refractivity (Wildman–Crippen MR) is 83.9 cm³/mol. The molecule has 0 unspecified atom stereocenters. The molecular weight excluding hydrogens is 268 g/mol. The minimum atomic E-state index is 0.429. The highest BCUT2D eigenvalue weighted by Crippen LogP contribution is 2.26. The van der Waals surface area contributed by atoms with E-state index in [0.29, 0.717) is 6.04 Å². The van der Waals surface area contributed by atoms with Crippen LogP contribution in [0.4, 0.5) is 0 Å². The summed E-state index contributed by atoms with van der Waals surface area (Å²) in [6.07, 6.45) is 4.09. The van der Waals surface area contributed by atoms with Crippen molar-refractivity contribution in [2.24, 2.45) is 9.39 Å². The van der Waals surface area contributed by atoms with E-state index >= 15 is 0 Å². The zero-order valence-corrected chi connectivity index (χ0v) is 12.2. The third-order valence-corrected chi connectivity index (χ3v) is 4.76. The number of amidine groups is 1. The van der Waals surface area contributed by atoms with E-state index in [1.165, 1.54) is 16.7 Å². The van der Waals surface area contributed by atoms with Crippen LogP contribution in [0.1, 0.15) is 11.1 Å². The lowest BCUT2D eigenvalue weighted by atomic mass is 10.1. The van der Waals surface area contributed by atoms with Gasteiger partial charge in [-0.05, 0) is 35.9 Å². The summed E-state index contributed by atoms with van der Waals surface area (Å²) >= 11 is 1.59. The Balaban J connectivity index is 1.51. The molecule has 0 saturated carbocycles. The van der Waals surface area contributed by atoms with E-state index in [2.05, 4.69) is 43.9 Å². The molecule has 0 aromatic heterocycles. The standard InChI is InChI=1S/C15H16N4S/c1-19-14-12(9-20-18-14)8-16-15(19)17-13-6-10-4-2-3-5-11(10)7-13/h2-5,8,13H,6-7,9H2,1H3,(H,16,17). The summed E-state index contributed by atoms with van der Waals surface area (Å²) in [5.74, 6) is 2.89. The number of hydrogen-bond donors (Lipinski definition) is 1. The molecule has 0 amide bonds. The van der Waals surface area contributed by atoms with E-state index < -0.39 is 0 Å². The lowest BCUT2D eigenvalue weighted by Crippen LogP contribution is -2.48. The highest BCUT2D eigenvalue weighted by atomic mass is 32.2. The number of rotatable bonds is 1. The summed E-state index contributed by atoms with van der Waals surface area (Å²) in [5, 5.41) is 3.57. The molecule has 102 valence electrons. The Morgan fingerprint density at radius 2 is 2.00 bits per heavy atom. The lowest BCUT2D eigenvalue weighted by Gasteiger charge is -2.27. The highest BCUT2D eigenvalue weighted by molar-refractivity contribution is 7.98. The molecule has 0 saturated heterocycles. The molecule has 4 nitrogen and oxygen atoms in total. The number of nitrogens with zero attached hydrogens (tertiary/aromatic N) is 3. The van der Waals surface area contributed by atoms with Gasteiger partial charge in [0, 0.05) is 30.6 Å². The van der Waals surface area contributed by atoms with E-state index in [0.717, 1.165) is 30.4 Å². The molecule has 1 aromatic carbocycles. The van der Waals surface area contributed by atoms with Gasteiger partial charge in [0.25, 0.3) is 0 Å². The van der Waals surface area contributed by atoms with E-state index in [1.54, 1.807) is 11.9 Å². The smallest absolute Gasteiger partial charge is 0.204 e. The van der Waals surface area contributed by atoms with Crippen molar-refractivity contribution in [1.29, 1.82) is 0 Å². The first-order valence-corrected chi connectivity index (χ1v) is 7.80. The van der Waals surface area contributed by atoms with E-state index in [4.69, 9.17) is 0 Å². The Hall–Kier alpha value is -1.75. The predicted octanol–water partition coefficient (Wildman–Crippen LogP) is 1.99. The zero-order chi connectivity index (χ0) is 13.5. The Morgan fingerprint density at radius 1 is 1.25 bits per heavy atom. The normalized spacial score (nSPS) is 21.1. The first-order chi connectivity index (χ1) is 9.81. The molecule has 2 aliphatic heterocycles. The lowest BCUT2D eigenvalue weighted by molar-refractivity contribution is 0.589. The van der Waals surface area contributed by atoms with Crippen molar-refractivity contribution in [2.45, 2.75) is 18.9 Å². The first-order valence-electron chi connectivity index (χ1n) is 6.85. The maximum atomic E-state index is 4.55. The summed E-state index contributed by atoms with van der Waals surface area (Å²) in [6, 6.07) is 9.10. The molecule has 0 bridgehead atoms. The van der Waals surface area contributed by atoms with Crippen LogP contribution in [0.25, 0.3) is 0 Å². The SMILES string of the molecule is CN1C(NC2Cc3ccccc3C2)=NC=C2CSN=C21. The molecule has 5 heteroatoms. The second-order valence-corrected chi connectivity index (χ2v) is 6.10. The Bertz CT molecular complexity index is 622. The minimum Gasteiger partial charge on any atom is -0.352 e. The first kappa shape index (κ1) is 12.0. The van der Waals surface area contributed by atoms with Crippen molar-refractivity contribution in [3.8, 4) is 0 Å². The van der Waals surface area contributed by atoms with Crippen LogP contribution >= 0.6 is 11.9 Å². The average molecular weight is 284 g/mol. The van der Waals surface area contributed by atoms with Crippen molar-refractivity contribution in [2.75, 3.05) is 12.8 Å². The van der Waals surface area contributed by atoms with Crippen molar-refractivity contribution in [3.63, 3.8) is 0 Å². The van der Waals surface area contributed by atoms with Gasteiger partial charge in [-0.3, -0.25) is 4.90 Å². The molecule has 1 aliphatic carbocycles. The topological polar surface area (TPSA) is 40.0 Å². The second-order valence-electron chi connectivity index (χ2n) is 5.37. The van der Waals surface area contributed by atoms with Gasteiger partial charge >= 0.3 is 0 Å². The maximum Gasteiger partial charge on any atom is 0.204 e. The number of nitrogens with one attached hydrogen (secondary N) is 1. The molecule has 20 heavy (non-hydrogen) atoms. The van der Waals surface area contributed by atoms with Gasteiger partial charge in [0.05, 0.1) is 0 Å². The molecular formula is C15H16N4S. The van der Waals surface area contributed by atoms with E-state index in [1.807, 2.05) is 13.2 Å². The van der Waals surface area contributed by atoms with Gasteiger partial charge < -0.3 is 5.32 Å². The second kappa shape index (κ2) is 4.66. The van der Waals surface area contributed by atoms with Crippen molar-refractivity contribution in [3.05, 3.63) is 47.2 Å². The van der Waals surface area contributed by atoms with Crippen LogP contribution < -0.4 is 5.32 Å². The third-order valence-electron chi connectivity index (χ3n) is 4.02. The van der Waals surface area contributed by atoms with Crippen molar-refractivity contribution in [1.82, 2.24) is 10.2 Å². The summed E-state index contributed by atoms with van der Waals surface area (Å²) in [4.78, 5) is 6.62. The van der Waals surface area contributed by atoms with E-state index in [9.17, 15) is 0 Å². The number of benzene rings is 1. The van der Waals surface area contributed by atoms with Gasteiger partial charge in [-0.2, -0.15) is 4.40 Å². The van der Waals surface area contributed by atoms with E-state index in [-0.39, 0.29) is 0 Å². The quantitative estimate of drug-likeness (QED) is 0.802. The van der Waals surface area contributed by atoms with Gasteiger partial charge in [-0.1, -0.05) is 24.3 Å². The molecule has 1 N–H and O–H groups in total. The summed E-state index contributed by atoms with van der Waals surface area (Å²) < 4.78 is 4.47. The van der Waals surface area contributed by atoms with Crippen molar-refractivity contribution >= 4 is 23.7 Å². The van der Waals surface area contributed by atoms with Crippen LogP contribution in [0.15, 0.2) is 45.4 Å². The third kappa shape index (κ3) is 1.93. The van der Waals surface area contributed by atoms with Crippen LogP contribution in [0.5, 0.6) is 0 Å². The Labute approximate surface area is 122 Å². The molecule has 0 atom stereocenters. The van der Waals surface area contributed by atoms with Gasteiger partial charge in [0.1, 0.15) is 5.84 Å². The monoisotopic (exact) mass is 284 g/mol. The van der Waals surface area contributed by atoms with Crippen LogP contribution in [0.3, 0.4) is 0 Å². The van der Waals surface area contributed by atoms with Gasteiger partial charge in [0.15, 0.2) is 0 Å². The number of hydrogen-bond acceptors (Lipinski definition) is 5. The number of aliphatic imine (C=N–C) groups is 1. The summed E-state index contributed by atoms with van der Waals surface area (Å²) in [7, 11) is 2.03. The maximum absolute atomic E-state index is 4.55. The van der Waals surface area contributed by atoms with Crippen molar-refractivity contribution < 1.29 is 0 Å². The number of likely N-dealkylation sites (N-methyl/N-ethyl adjacent to an activating group) is 1. The minimum absolute atomic E-state index is 0.429. The van der Waals surface area contributed by atoms with Gasteiger partial charge in [-0.15, -0.1) is 0 Å². The van der Waals surface area contributed by atoms with Gasteiger partial charge in [-0.25, -0.2) is 4.99 Å². The number of fused-ring (bicyclic) bond motifs is 2. The molecule has 0 spiro atoms. The summed E-state index contributed by atoms with van der Waals surface area (Å²) in [5.41, 5.74) is 4.13. The molecule has 2 heterocycles.